The summed E-state index contributed by atoms with van der Waals surface area (Å²) < 4.78 is 22.7. The van der Waals surface area contributed by atoms with Crippen LogP contribution in [-0.2, 0) is 27.2 Å². The summed E-state index contributed by atoms with van der Waals surface area (Å²) in [6, 6.07) is 20.2. The first-order chi connectivity index (χ1) is 17.9. The van der Waals surface area contributed by atoms with Gasteiger partial charge in [-0.15, -0.1) is 0 Å². The van der Waals surface area contributed by atoms with Crippen LogP contribution in [0, 0.1) is 5.82 Å². The molecule has 186 valence electrons. The minimum atomic E-state index is -0.571. The lowest BCUT2D eigenvalue weighted by Crippen LogP contribution is -2.30. The van der Waals surface area contributed by atoms with E-state index < -0.39 is 6.23 Å². The molecular formula is C29H23BrFN3O3. The van der Waals surface area contributed by atoms with Gasteiger partial charge in [-0.05, 0) is 65.6 Å². The van der Waals surface area contributed by atoms with Crippen LogP contribution in [-0.4, -0.2) is 34.4 Å². The average Bonchev–Trinajstić information content (AvgIpc) is 3.59. The van der Waals surface area contributed by atoms with Crippen LogP contribution in [0.1, 0.15) is 22.9 Å². The number of amides is 2. The molecule has 6 nitrogen and oxygen atoms in total. The Morgan fingerprint density at radius 1 is 1.00 bits per heavy atom. The summed E-state index contributed by atoms with van der Waals surface area (Å²) in [5.41, 5.74) is 6.36. The highest BCUT2D eigenvalue weighted by Crippen LogP contribution is 2.37. The number of aromatic nitrogens is 1. The van der Waals surface area contributed by atoms with Gasteiger partial charge >= 0.3 is 0 Å². The van der Waals surface area contributed by atoms with Crippen LogP contribution >= 0.6 is 15.9 Å². The molecule has 1 aromatic heterocycles. The van der Waals surface area contributed by atoms with Crippen LogP contribution in [0.3, 0.4) is 0 Å². The van der Waals surface area contributed by atoms with Crippen molar-refractivity contribution in [3.05, 3.63) is 106 Å². The van der Waals surface area contributed by atoms with E-state index in [-0.39, 0.29) is 24.2 Å². The number of hydrogen-bond donors (Lipinski definition) is 1. The van der Waals surface area contributed by atoms with Gasteiger partial charge < -0.3 is 19.5 Å². The topological polar surface area (TPSA) is 63.6 Å². The number of fused-ring (bicyclic) bond motifs is 1. The zero-order chi connectivity index (χ0) is 25.5. The maximum atomic E-state index is 13.7. The van der Waals surface area contributed by atoms with Gasteiger partial charge in [-0.1, -0.05) is 40.2 Å². The number of carbonyl (C=O) groups excluding carboxylic acids is 2. The molecule has 0 radical (unpaired) electrons. The van der Waals surface area contributed by atoms with Crippen molar-refractivity contribution in [2.24, 2.45) is 0 Å². The highest BCUT2D eigenvalue weighted by Gasteiger charge is 2.35. The van der Waals surface area contributed by atoms with Crippen LogP contribution in [0.25, 0.3) is 16.8 Å². The van der Waals surface area contributed by atoms with Gasteiger partial charge in [-0.25, -0.2) is 4.39 Å². The third-order valence-corrected chi connectivity index (χ3v) is 7.34. The molecule has 1 saturated heterocycles. The Morgan fingerprint density at radius 2 is 1.78 bits per heavy atom. The van der Waals surface area contributed by atoms with Crippen LogP contribution in [0.4, 0.5) is 10.1 Å². The number of rotatable bonds is 6. The molecule has 2 aliphatic rings. The first-order valence-electron chi connectivity index (χ1n) is 12.0. The van der Waals surface area contributed by atoms with Crippen molar-refractivity contribution >= 4 is 33.4 Å². The molecule has 3 heterocycles. The number of anilines is 1. The summed E-state index contributed by atoms with van der Waals surface area (Å²) in [4.78, 5) is 26.4. The van der Waals surface area contributed by atoms with E-state index in [0.29, 0.717) is 19.4 Å². The lowest BCUT2D eigenvalue weighted by Gasteiger charge is -2.24. The SMILES string of the molecule is O=C1Cc2ccc(CCN3C(=O)CO[C@@H]3c3cn(-c4ccc(Br)cc4)cc3-c3ccc(F)cc3)cc2N1. The molecule has 1 atom stereocenters. The van der Waals surface area contributed by atoms with Gasteiger partial charge in [0.2, 0.25) is 5.91 Å². The van der Waals surface area contributed by atoms with E-state index in [4.69, 9.17) is 4.74 Å². The van der Waals surface area contributed by atoms with Crippen molar-refractivity contribution in [2.45, 2.75) is 19.1 Å². The third-order valence-electron chi connectivity index (χ3n) is 6.81. The number of carbonyl (C=O) groups is 2. The Hall–Kier alpha value is -3.75. The van der Waals surface area contributed by atoms with Crippen LogP contribution < -0.4 is 5.32 Å². The standard InChI is InChI=1S/C29H23BrFN3O3/c30-21-5-9-23(10-6-21)33-15-24(19-3-7-22(31)8-4-19)25(16-33)29-34(28(36)17-37-29)12-11-18-1-2-20-14-27(35)32-26(20)13-18/h1-10,13,15-16,29H,11-12,14,17H2,(H,32,35)/t29-/m1/s1. The predicted octanol–water partition coefficient (Wildman–Crippen LogP) is 5.64. The molecule has 0 bridgehead atoms. The van der Waals surface area contributed by atoms with Gasteiger partial charge in [0.1, 0.15) is 12.4 Å². The van der Waals surface area contributed by atoms with E-state index in [2.05, 4.69) is 21.2 Å². The highest BCUT2D eigenvalue weighted by atomic mass is 79.9. The van der Waals surface area contributed by atoms with Crippen molar-refractivity contribution in [3.8, 4) is 16.8 Å². The fraction of sp³-hybridized carbons (Fsp3) is 0.172. The number of benzene rings is 3. The fourth-order valence-corrected chi connectivity index (χ4v) is 5.18. The van der Waals surface area contributed by atoms with Crippen molar-refractivity contribution < 1.29 is 18.7 Å². The number of hydrogen-bond acceptors (Lipinski definition) is 3. The van der Waals surface area contributed by atoms with Crippen LogP contribution in [0.15, 0.2) is 83.6 Å². The monoisotopic (exact) mass is 559 g/mol. The normalized spacial score (nSPS) is 16.8. The molecule has 4 aromatic rings. The second-order valence-corrected chi connectivity index (χ2v) is 10.2. The van der Waals surface area contributed by atoms with E-state index in [9.17, 15) is 14.0 Å². The number of ether oxygens (including phenoxy) is 1. The van der Waals surface area contributed by atoms with Gasteiger partial charge in [0.25, 0.3) is 5.91 Å². The zero-order valence-corrected chi connectivity index (χ0v) is 21.4. The first-order valence-corrected chi connectivity index (χ1v) is 12.8. The smallest absolute Gasteiger partial charge is 0.250 e. The largest absolute Gasteiger partial charge is 0.344 e. The molecule has 37 heavy (non-hydrogen) atoms. The molecule has 3 aromatic carbocycles. The molecule has 8 heteroatoms. The molecule has 6 rings (SSSR count). The van der Waals surface area contributed by atoms with Crippen molar-refractivity contribution in [2.75, 3.05) is 18.5 Å². The maximum absolute atomic E-state index is 13.7. The quantitative estimate of drug-likeness (QED) is 0.332. The van der Waals surface area contributed by atoms with Crippen LogP contribution in [0.2, 0.25) is 0 Å². The highest BCUT2D eigenvalue weighted by molar-refractivity contribution is 9.10. The number of halogens is 2. The summed E-state index contributed by atoms with van der Waals surface area (Å²) in [7, 11) is 0. The van der Waals surface area contributed by atoms with Crippen LogP contribution in [0.5, 0.6) is 0 Å². The van der Waals surface area contributed by atoms with Gasteiger partial charge in [0.05, 0.1) is 6.42 Å². The maximum Gasteiger partial charge on any atom is 0.250 e. The van der Waals surface area contributed by atoms with E-state index >= 15 is 0 Å². The number of nitrogens with one attached hydrogen (secondary N) is 1. The summed E-state index contributed by atoms with van der Waals surface area (Å²) in [6.07, 6.45) is 4.41. The Bertz CT molecular complexity index is 1500. The van der Waals surface area contributed by atoms with E-state index in [1.165, 1.54) is 12.1 Å². The minimum absolute atomic E-state index is 0.000978. The second kappa shape index (κ2) is 9.61. The second-order valence-electron chi connectivity index (χ2n) is 9.23. The van der Waals surface area contributed by atoms with E-state index in [1.807, 2.05) is 59.4 Å². The summed E-state index contributed by atoms with van der Waals surface area (Å²) in [6.45, 7) is 0.458. The molecule has 2 aliphatic heterocycles. The Kier molecular flexibility index (Phi) is 6.14. The Balaban J connectivity index is 1.32. The lowest BCUT2D eigenvalue weighted by molar-refractivity contribution is -0.128. The average molecular weight is 560 g/mol. The van der Waals surface area contributed by atoms with Gasteiger partial charge in [0, 0.05) is 45.9 Å². The van der Waals surface area contributed by atoms with Gasteiger partial charge in [-0.3, -0.25) is 9.59 Å². The molecule has 2 amide bonds. The Labute approximate surface area is 221 Å². The third kappa shape index (κ3) is 4.70. The summed E-state index contributed by atoms with van der Waals surface area (Å²) >= 11 is 3.48. The van der Waals surface area contributed by atoms with E-state index in [1.54, 1.807) is 17.0 Å². The molecule has 0 spiro atoms. The molecule has 0 unspecified atom stereocenters. The molecule has 0 saturated carbocycles. The van der Waals surface area contributed by atoms with Crippen molar-refractivity contribution in [1.82, 2.24) is 9.47 Å². The first kappa shape index (κ1) is 23.6. The fourth-order valence-electron chi connectivity index (χ4n) is 4.92. The minimum Gasteiger partial charge on any atom is -0.344 e. The molecule has 1 fully saturated rings. The van der Waals surface area contributed by atoms with Gasteiger partial charge in [0.15, 0.2) is 6.23 Å². The van der Waals surface area contributed by atoms with Crippen molar-refractivity contribution in [3.63, 3.8) is 0 Å². The summed E-state index contributed by atoms with van der Waals surface area (Å²) in [5, 5.41) is 2.88. The zero-order valence-electron chi connectivity index (χ0n) is 19.8. The summed E-state index contributed by atoms with van der Waals surface area (Å²) in [5.74, 6) is -0.392. The van der Waals surface area contributed by atoms with Crippen molar-refractivity contribution in [1.29, 1.82) is 0 Å². The Morgan fingerprint density at radius 3 is 2.57 bits per heavy atom. The van der Waals surface area contributed by atoms with Gasteiger partial charge in [-0.2, -0.15) is 0 Å². The lowest BCUT2D eigenvalue weighted by atomic mass is 10.0. The molecular weight excluding hydrogens is 537 g/mol. The van der Waals surface area contributed by atoms with E-state index in [0.717, 1.165) is 43.7 Å². The molecule has 1 N–H and O–H groups in total. The number of nitrogens with zero attached hydrogens (tertiary/aromatic N) is 2. The molecule has 0 aliphatic carbocycles. The predicted molar refractivity (Wildman–Crippen MR) is 142 cm³/mol.